The van der Waals surface area contributed by atoms with Gasteiger partial charge in [-0.1, -0.05) is 6.07 Å². The third-order valence-corrected chi connectivity index (χ3v) is 2.98. The highest BCUT2D eigenvalue weighted by Gasteiger charge is 2.09. The first-order valence-corrected chi connectivity index (χ1v) is 7.09. The summed E-state index contributed by atoms with van der Waals surface area (Å²) in [5, 5.41) is 14.7. The van der Waals surface area contributed by atoms with Crippen molar-refractivity contribution in [3.8, 4) is 6.07 Å². The van der Waals surface area contributed by atoms with Crippen LogP contribution >= 0.6 is 0 Å². The van der Waals surface area contributed by atoms with Crippen molar-refractivity contribution in [2.45, 2.75) is 6.42 Å². The maximum atomic E-state index is 12.2. The van der Waals surface area contributed by atoms with Gasteiger partial charge in [-0.15, -0.1) is 0 Å². The number of nitrogens with one attached hydrogen (secondary N) is 2. The molecule has 2 rings (SSSR count). The maximum Gasteiger partial charge on any atom is 0.274 e. The number of nitrogens with zero attached hydrogens (tertiary/aromatic N) is 3. The number of hydrogen-bond donors (Lipinski definition) is 2. The Morgan fingerprint density at radius 2 is 2.22 bits per heavy atom. The molecule has 0 radical (unpaired) electrons. The summed E-state index contributed by atoms with van der Waals surface area (Å²) in [6.07, 6.45) is 2.17. The van der Waals surface area contributed by atoms with E-state index >= 15 is 0 Å². The Bertz CT molecular complexity index is 712. The minimum Gasteiger partial charge on any atom is -0.385 e. The van der Waals surface area contributed by atoms with Crippen molar-refractivity contribution in [2.75, 3.05) is 30.9 Å². The molecule has 0 aliphatic rings. The highest BCUT2D eigenvalue weighted by atomic mass is 16.5. The van der Waals surface area contributed by atoms with Gasteiger partial charge in [0.15, 0.2) is 0 Å². The van der Waals surface area contributed by atoms with Gasteiger partial charge in [0.05, 0.1) is 11.6 Å². The van der Waals surface area contributed by atoms with Crippen LogP contribution in [0.4, 0.5) is 11.5 Å². The molecule has 0 aliphatic carbocycles. The lowest BCUT2D eigenvalue weighted by Gasteiger charge is -2.07. The summed E-state index contributed by atoms with van der Waals surface area (Å²) in [6, 6.07) is 10.3. The van der Waals surface area contributed by atoms with Crippen LogP contribution in [0.15, 0.2) is 36.7 Å². The first-order chi connectivity index (χ1) is 11.2. The molecule has 1 heterocycles. The zero-order chi connectivity index (χ0) is 16.5. The van der Waals surface area contributed by atoms with E-state index in [0.29, 0.717) is 30.2 Å². The molecule has 0 atom stereocenters. The van der Waals surface area contributed by atoms with E-state index in [1.165, 1.54) is 6.33 Å². The van der Waals surface area contributed by atoms with Crippen LogP contribution in [0.5, 0.6) is 0 Å². The molecule has 118 valence electrons. The van der Waals surface area contributed by atoms with E-state index in [2.05, 4.69) is 20.6 Å². The van der Waals surface area contributed by atoms with E-state index in [1.54, 1.807) is 37.4 Å². The van der Waals surface area contributed by atoms with Gasteiger partial charge in [-0.2, -0.15) is 5.26 Å². The first-order valence-electron chi connectivity index (χ1n) is 7.09. The minimum absolute atomic E-state index is 0.247. The van der Waals surface area contributed by atoms with Gasteiger partial charge in [0, 0.05) is 32.0 Å². The third kappa shape index (κ3) is 5.05. The standard InChI is InChI=1S/C16H17N5O2/c1-23-7-3-6-18-15-9-14(19-11-20-15)16(22)21-13-5-2-4-12(8-13)10-17/h2,4-5,8-9,11H,3,6-7H2,1H3,(H,21,22)(H,18,19,20). The molecular weight excluding hydrogens is 294 g/mol. The van der Waals surface area contributed by atoms with Gasteiger partial charge in [0.25, 0.3) is 5.91 Å². The highest BCUT2D eigenvalue weighted by Crippen LogP contribution is 2.12. The number of methoxy groups -OCH3 is 1. The number of ether oxygens (including phenoxy) is 1. The van der Waals surface area contributed by atoms with Crippen LogP contribution in [0.2, 0.25) is 0 Å². The number of carbonyl (C=O) groups is 1. The average molecular weight is 311 g/mol. The highest BCUT2D eigenvalue weighted by molar-refractivity contribution is 6.03. The molecule has 2 aromatic rings. The first kappa shape index (κ1) is 16.4. The second kappa shape index (κ2) is 8.46. The Morgan fingerprint density at radius 3 is 3.00 bits per heavy atom. The number of aromatic nitrogens is 2. The Kier molecular flexibility index (Phi) is 6.03. The molecule has 0 fully saturated rings. The molecule has 1 aromatic heterocycles. The number of hydrogen-bond acceptors (Lipinski definition) is 6. The molecule has 0 saturated heterocycles. The summed E-state index contributed by atoms with van der Waals surface area (Å²) in [5.41, 5.74) is 1.27. The van der Waals surface area contributed by atoms with Crippen molar-refractivity contribution in [3.63, 3.8) is 0 Å². The summed E-state index contributed by atoms with van der Waals surface area (Å²) >= 11 is 0. The Hall–Kier alpha value is -2.98. The van der Waals surface area contributed by atoms with Gasteiger partial charge in [0.1, 0.15) is 17.8 Å². The normalized spacial score (nSPS) is 9.91. The average Bonchev–Trinajstić information content (AvgIpc) is 2.59. The van der Waals surface area contributed by atoms with Crippen LogP contribution in [-0.2, 0) is 4.74 Å². The number of carbonyl (C=O) groups excluding carboxylic acids is 1. The van der Waals surface area contributed by atoms with Gasteiger partial charge in [-0.3, -0.25) is 4.79 Å². The molecule has 1 aromatic carbocycles. The lowest BCUT2D eigenvalue weighted by Crippen LogP contribution is -2.15. The van der Waals surface area contributed by atoms with Gasteiger partial charge in [-0.05, 0) is 24.6 Å². The largest absolute Gasteiger partial charge is 0.385 e. The number of rotatable bonds is 7. The Morgan fingerprint density at radius 1 is 1.35 bits per heavy atom. The smallest absolute Gasteiger partial charge is 0.274 e. The van der Waals surface area contributed by atoms with E-state index in [4.69, 9.17) is 10.00 Å². The van der Waals surface area contributed by atoms with Gasteiger partial charge in [-0.25, -0.2) is 9.97 Å². The minimum atomic E-state index is -0.359. The van der Waals surface area contributed by atoms with E-state index < -0.39 is 0 Å². The van der Waals surface area contributed by atoms with Crippen molar-refractivity contribution in [1.82, 2.24) is 9.97 Å². The van der Waals surface area contributed by atoms with Crippen LogP contribution in [0.3, 0.4) is 0 Å². The van der Waals surface area contributed by atoms with Crippen molar-refractivity contribution in [2.24, 2.45) is 0 Å². The Labute approximate surface area is 134 Å². The summed E-state index contributed by atoms with van der Waals surface area (Å²) in [5.74, 6) is 0.217. The number of amides is 1. The molecule has 2 N–H and O–H groups in total. The van der Waals surface area contributed by atoms with Crippen molar-refractivity contribution < 1.29 is 9.53 Å². The SMILES string of the molecule is COCCCNc1cc(C(=O)Nc2cccc(C#N)c2)ncn1. The summed E-state index contributed by atoms with van der Waals surface area (Å²) in [4.78, 5) is 20.2. The monoisotopic (exact) mass is 311 g/mol. The van der Waals surface area contributed by atoms with E-state index in [9.17, 15) is 4.79 Å². The van der Waals surface area contributed by atoms with E-state index in [0.717, 1.165) is 6.42 Å². The maximum absolute atomic E-state index is 12.2. The molecule has 23 heavy (non-hydrogen) atoms. The predicted octanol–water partition coefficient (Wildman–Crippen LogP) is 2.05. The van der Waals surface area contributed by atoms with Crippen molar-refractivity contribution in [1.29, 1.82) is 5.26 Å². The second-order valence-corrected chi connectivity index (χ2v) is 4.71. The lowest BCUT2D eigenvalue weighted by molar-refractivity contribution is 0.102. The van der Waals surface area contributed by atoms with E-state index in [-0.39, 0.29) is 11.6 Å². The van der Waals surface area contributed by atoms with Crippen LogP contribution in [-0.4, -0.2) is 36.1 Å². The van der Waals surface area contributed by atoms with Gasteiger partial charge in [0.2, 0.25) is 0 Å². The molecule has 0 bridgehead atoms. The van der Waals surface area contributed by atoms with Crippen LogP contribution in [0.25, 0.3) is 0 Å². The zero-order valence-corrected chi connectivity index (χ0v) is 12.7. The second-order valence-electron chi connectivity index (χ2n) is 4.71. The third-order valence-electron chi connectivity index (χ3n) is 2.98. The number of nitriles is 1. The molecule has 7 nitrogen and oxygen atoms in total. The van der Waals surface area contributed by atoms with Crippen LogP contribution in [0.1, 0.15) is 22.5 Å². The zero-order valence-electron chi connectivity index (χ0n) is 12.7. The molecule has 1 amide bonds. The Balaban J connectivity index is 2.00. The summed E-state index contributed by atoms with van der Waals surface area (Å²) < 4.78 is 4.97. The molecule has 7 heteroatoms. The fourth-order valence-corrected chi connectivity index (χ4v) is 1.87. The molecule has 0 unspecified atom stereocenters. The number of benzene rings is 1. The van der Waals surface area contributed by atoms with Gasteiger partial charge < -0.3 is 15.4 Å². The van der Waals surface area contributed by atoms with Gasteiger partial charge >= 0.3 is 0 Å². The summed E-state index contributed by atoms with van der Waals surface area (Å²) in [7, 11) is 1.65. The molecule has 0 spiro atoms. The van der Waals surface area contributed by atoms with E-state index in [1.807, 2.05) is 6.07 Å². The molecule has 0 aliphatic heterocycles. The van der Waals surface area contributed by atoms with Crippen LogP contribution in [0, 0.1) is 11.3 Å². The van der Waals surface area contributed by atoms with Crippen LogP contribution < -0.4 is 10.6 Å². The predicted molar refractivity (Wildman–Crippen MR) is 86.1 cm³/mol. The molecule has 0 saturated carbocycles. The summed E-state index contributed by atoms with van der Waals surface area (Å²) in [6.45, 7) is 1.34. The fraction of sp³-hybridized carbons (Fsp3) is 0.250. The lowest BCUT2D eigenvalue weighted by atomic mass is 10.2. The molecular formula is C16H17N5O2. The fourth-order valence-electron chi connectivity index (χ4n) is 1.87. The quantitative estimate of drug-likeness (QED) is 0.759. The number of anilines is 2. The van der Waals surface area contributed by atoms with Crippen molar-refractivity contribution >= 4 is 17.4 Å². The topological polar surface area (TPSA) is 99.9 Å². The van der Waals surface area contributed by atoms with Crippen molar-refractivity contribution in [3.05, 3.63) is 47.9 Å².